The Morgan fingerprint density at radius 3 is 2.50 bits per heavy atom. The van der Waals surface area contributed by atoms with Crippen LogP contribution in [0.3, 0.4) is 0 Å². The Kier molecular flexibility index (Phi) is 4.35. The van der Waals surface area contributed by atoms with E-state index in [9.17, 15) is 8.78 Å². The Hall–Kier alpha value is -1.94. The molecule has 0 aliphatic heterocycles. The van der Waals surface area contributed by atoms with Crippen LogP contribution in [-0.2, 0) is 0 Å². The quantitative estimate of drug-likeness (QED) is 0.922. The monoisotopic (exact) mass is 277 g/mol. The molecule has 1 atom stereocenters. The zero-order valence-electron chi connectivity index (χ0n) is 11.7. The molecule has 0 spiro atoms. The molecule has 2 nitrogen and oxygen atoms in total. The van der Waals surface area contributed by atoms with Crippen molar-refractivity contribution in [2.24, 2.45) is 0 Å². The first kappa shape index (κ1) is 14.5. The molecule has 2 rings (SSSR count). The molecule has 0 heterocycles. The van der Waals surface area contributed by atoms with Crippen LogP contribution < -0.4 is 10.1 Å². The van der Waals surface area contributed by atoms with Gasteiger partial charge in [0.05, 0.1) is 13.2 Å². The SMILES string of the molecule is CNC(c1cccc(OC)c1)c1cc(F)c(C)cc1F. The van der Waals surface area contributed by atoms with Gasteiger partial charge in [-0.3, -0.25) is 0 Å². The zero-order chi connectivity index (χ0) is 14.7. The normalized spacial score (nSPS) is 12.2. The van der Waals surface area contributed by atoms with Crippen molar-refractivity contribution in [1.29, 1.82) is 0 Å². The fourth-order valence-electron chi connectivity index (χ4n) is 2.21. The van der Waals surface area contributed by atoms with Crippen molar-refractivity contribution in [3.05, 3.63) is 64.7 Å². The second-order valence-electron chi connectivity index (χ2n) is 4.62. The van der Waals surface area contributed by atoms with E-state index in [0.29, 0.717) is 11.3 Å². The Balaban J connectivity index is 2.49. The Morgan fingerprint density at radius 2 is 1.85 bits per heavy atom. The Labute approximate surface area is 117 Å². The highest BCUT2D eigenvalue weighted by Gasteiger charge is 2.18. The number of nitrogens with one attached hydrogen (secondary N) is 1. The molecule has 0 bridgehead atoms. The summed E-state index contributed by atoms with van der Waals surface area (Å²) in [5.41, 5.74) is 1.39. The second-order valence-corrected chi connectivity index (χ2v) is 4.62. The number of halogens is 2. The van der Waals surface area contributed by atoms with Crippen molar-refractivity contribution >= 4 is 0 Å². The number of hydrogen-bond acceptors (Lipinski definition) is 2. The number of ether oxygens (including phenoxy) is 1. The van der Waals surface area contributed by atoms with Crippen LogP contribution in [-0.4, -0.2) is 14.2 Å². The average molecular weight is 277 g/mol. The summed E-state index contributed by atoms with van der Waals surface area (Å²) in [5.74, 6) is -0.161. The van der Waals surface area contributed by atoms with Crippen molar-refractivity contribution in [1.82, 2.24) is 5.32 Å². The van der Waals surface area contributed by atoms with E-state index >= 15 is 0 Å². The molecule has 2 aromatic carbocycles. The van der Waals surface area contributed by atoms with Gasteiger partial charge in [0.15, 0.2) is 0 Å². The predicted molar refractivity (Wildman–Crippen MR) is 75.0 cm³/mol. The third-order valence-electron chi connectivity index (χ3n) is 3.30. The summed E-state index contributed by atoms with van der Waals surface area (Å²) in [5, 5.41) is 3.01. The maximum absolute atomic E-state index is 14.1. The number of hydrogen-bond donors (Lipinski definition) is 1. The third kappa shape index (κ3) is 2.80. The van der Waals surface area contributed by atoms with E-state index in [-0.39, 0.29) is 5.56 Å². The molecule has 0 aliphatic rings. The summed E-state index contributed by atoms with van der Waals surface area (Å²) in [6.07, 6.45) is 0. The maximum Gasteiger partial charge on any atom is 0.128 e. The summed E-state index contributed by atoms with van der Waals surface area (Å²) in [4.78, 5) is 0. The summed E-state index contributed by atoms with van der Waals surface area (Å²) < 4.78 is 33.0. The van der Waals surface area contributed by atoms with Crippen LogP contribution in [0.15, 0.2) is 36.4 Å². The summed E-state index contributed by atoms with van der Waals surface area (Å²) >= 11 is 0. The highest BCUT2D eigenvalue weighted by molar-refractivity contribution is 5.38. The first-order valence-corrected chi connectivity index (χ1v) is 6.33. The minimum Gasteiger partial charge on any atom is -0.497 e. The highest BCUT2D eigenvalue weighted by Crippen LogP contribution is 2.28. The first-order valence-electron chi connectivity index (χ1n) is 6.33. The van der Waals surface area contributed by atoms with Gasteiger partial charge in [0, 0.05) is 5.56 Å². The number of aryl methyl sites for hydroxylation is 1. The first-order chi connectivity index (χ1) is 9.56. The topological polar surface area (TPSA) is 21.3 Å². The minimum atomic E-state index is -0.430. The second kappa shape index (κ2) is 6.01. The van der Waals surface area contributed by atoms with Gasteiger partial charge in [-0.15, -0.1) is 0 Å². The van der Waals surface area contributed by atoms with E-state index in [1.54, 1.807) is 27.1 Å². The smallest absolute Gasteiger partial charge is 0.128 e. The molecule has 2 aromatic rings. The molecule has 4 heteroatoms. The fourth-order valence-corrected chi connectivity index (χ4v) is 2.21. The van der Waals surface area contributed by atoms with Crippen molar-refractivity contribution in [2.75, 3.05) is 14.2 Å². The van der Waals surface area contributed by atoms with Crippen molar-refractivity contribution in [3.8, 4) is 5.75 Å². The van der Waals surface area contributed by atoms with Gasteiger partial charge in [0.2, 0.25) is 0 Å². The van der Waals surface area contributed by atoms with Crippen molar-refractivity contribution in [3.63, 3.8) is 0 Å². The maximum atomic E-state index is 14.1. The molecule has 0 aliphatic carbocycles. The third-order valence-corrected chi connectivity index (χ3v) is 3.30. The van der Waals surface area contributed by atoms with Gasteiger partial charge in [0.1, 0.15) is 17.4 Å². The lowest BCUT2D eigenvalue weighted by Crippen LogP contribution is -2.19. The van der Waals surface area contributed by atoms with Crippen LogP contribution >= 0.6 is 0 Å². The fraction of sp³-hybridized carbons (Fsp3) is 0.250. The molecule has 1 unspecified atom stereocenters. The molecule has 0 saturated heterocycles. The molecule has 0 radical (unpaired) electrons. The lowest BCUT2D eigenvalue weighted by molar-refractivity contribution is 0.413. The average Bonchev–Trinajstić information content (AvgIpc) is 2.45. The minimum absolute atomic E-state index is 0.281. The van der Waals surface area contributed by atoms with Crippen LogP contribution in [0, 0.1) is 18.6 Å². The van der Waals surface area contributed by atoms with Crippen LogP contribution in [0.5, 0.6) is 5.75 Å². The van der Waals surface area contributed by atoms with Gasteiger partial charge in [-0.2, -0.15) is 0 Å². The largest absolute Gasteiger partial charge is 0.497 e. The summed E-state index contributed by atoms with van der Waals surface area (Å²) in [6, 6.07) is 9.31. The number of rotatable bonds is 4. The Bertz CT molecular complexity index is 613. The molecule has 106 valence electrons. The standard InChI is InChI=1S/C16H17F2NO/c1-10-7-15(18)13(9-14(10)17)16(19-2)11-5-4-6-12(8-11)20-3/h4-9,16,19H,1-3H3. The zero-order valence-corrected chi connectivity index (χ0v) is 11.7. The van der Waals surface area contributed by atoms with E-state index in [2.05, 4.69) is 5.32 Å². The molecule has 0 amide bonds. The van der Waals surface area contributed by atoms with Gasteiger partial charge in [-0.1, -0.05) is 12.1 Å². The molecule has 0 fully saturated rings. The number of benzene rings is 2. The lowest BCUT2D eigenvalue weighted by atomic mass is 9.97. The molecule has 20 heavy (non-hydrogen) atoms. The van der Waals surface area contributed by atoms with Crippen LogP contribution in [0.4, 0.5) is 8.78 Å². The Morgan fingerprint density at radius 1 is 1.10 bits per heavy atom. The molecule has 1 N–H and O–H groups in total. The van der Waals surface area contributed by atoms with Gasteiger partial charge in [0.25, 0.3) is 0 Å². The van der Waals surface area contributed by atoms with Gasteiger partial charge < -0.3 is 10.1 Å². The highest BCUT2D eigenvalue weighted by atomic mass is 19.1. The lowest BCUT2D eigenvalue weighted by Gasteiger charge is -2.19. The van der Waals surface area contributed by atoms with Crippen molar-refractivity contribution < 1.29 is 13.5 Å². The van der Waals surface area contributed by atoms with E-state index in [1.165, 1.54) is 12.1 Å². The van der Waals surface area contributed by atoms with Gasteiger partial charge >= 0.3 is 0 Å². The molecule has 0 saturated carbocycles. The molecule has 0 aromatic heterocycles. The van der Waals surface area contributed by atoms with Crippen LogP contribution in [0.2, 0.25) is 0 Å². The van der Waals surface area contributed by atoms with Crippen LogP contribution in [0.25, 0.3) is 0 Å². The van der Waals surface area contributed by atoms with E-state index in [4.69, 9.17) is 4.74 Å². The predicted octanol–water partition coefficient (Wildman–Crippen LogP) is 3.59. The summed E-state index contributed by atoms with van der Waals surface area (Å²) in [6.45, 7) is 1.54. The molecular formula is C16H17F2NO. The van der Waals surface area contributed by atoms with E-state index in [1.807, 2.05) is 18.2 Å². The van der Waals surface area contributed by atoms with Crippen molar-refractivity contribution in [2.45, 2.75) is 13.0 Å². The van der Waals surface area contributed by atoms with E-state index < -0.39 is 17.7 Å². The van der Waals surface area contributed by atoms with Gasteiger partial charge in [-0.25, -0.2) is 8.78 Å². The van der Waals surface area contributed by atoms with Gasteiger partial charge in [-0.05, 0) is 49.4 Å². The number of methoxy groups -OCH3 is 1. The summed E-state index contributed by atoms with van der Waals surface area (Å²) in [7, 11) is 3.28. The van der Waals surface area contributed by atoms with E-state index in [0.717, 1.165) is 5.56 Å². The molecular weight excluding hydrogens is 260 g/mol. The van der Waals surface area contributed by atoms with Crippen LogP contribution in [0.1, 0.15) is 22.7 Å².